The lowest BCUT2D eigenvalue weighted by Crippen LogP contribution is -2.44. The molecule has 0 heterocycles. The second-order valence-electron chi connectivity index (χ2n) is 6.39. The van der Waals surface area contributed by atoms with Gasteiger partial charge in [0.1, 0.15) is 0 Å². The van der Waals surface area contributed by atoms with Gasteiger partial charge in [-0.25, -0.2) is 0 Å². The van der Waals surface area contributed by atoms with E-state index >= 15 is 0 Å². The molecule has 1 amide bonds. The Labute approximate surface area is 152 Å². The van der Waals surface area contributed by atoms with E-state index in [1.165, 1.54) is 32.1 Å². The standard InChI is InChI=1S/C16H32N4O.HI/c1-5-16(9-6-7-10-16)12-19-15(17-4)18-11-8-14(21)20-13(2)3;/h13H,5-12H2,1-4H3,(H,20,21)(H2,17,18,19);1H. The number of nitrogens with zero attached hydrogens (tertiary/aromatic N) is 1. The molecule has 0 bridgehead atoms. The Kier molecular flexibility index (Phi) is 10.8. The molecule has 1 saturated carbocycles. The molecule has 0 aromatic heterocycles. The Morgan fingerprint density at radius 2 is 1.86 bits per heavy atom. The summed E-state index contributed by atoms with van der Waals surface area (Å²) < 4.78 is 0. The fraction of sp³-hybridized carbons (Fsp3) is 0.875. The minimum Gasteiger partial charge on any atom is -0.356 e. The fourth-order valence-electron chi connectivity index (χ4n) is 2.96. The van der Waals surface area contributed by atoms with Gasteiger partial charge in [-0.15, -0.1) is 24.0 Å². The van der Waals surface area contributed by atoms with E-state index in [2.05, 4.69) is 27.9 Å². The van der Waals surface area contributed by atoms with Crippen molar-refractivity contribution in [3.8, 4) is 0 Å². The van der Waals surface area contributed by atoms with Crippen molar-refractivity contribution in [2.24, 2.45) is 10.4 Å². The lowest BCUT2D eigenvalue weighted by Gasteiger charge is -2.28. The van der Waals surface area contributed by atoms with Gasteiger partial charge in [-0.1, -0.05) is 19.8 Å². The summed E-state index contributed by atoms with van der Waals surface area (Å²) in [5.74, 6) is 0.876. The number of aliphatic imine (C=N–C) groups is 1. The Balaban J connectivity index is 0.00000441. The smallest absolute Gasteiger partial charge is 0.221 e. The Morgan fingerprint density at radius 3 is 2.36 bits per heavy atom. The first kappa shape index (κ1) is 21.5. The van der Waals surface area contributed by atoms with Gasteiger partial charge in [0, 0.05) is 32.6 Å². The van der Waals surface area contributed by atoms with Crippen LogP contribution < -0.4 is 16.0 Å². The number of halogens is 1. The van der Waals surface area contributed by atoms with Gasteiger partial charge in [-0.05, 0) is 38.5 Å². The Morgan fingerprint density at radius 1 is 1.23 bits per heavy atom. The van der Waals surface area contributed by atoms with Crippen LogP contribution in [0.15, 0.2) is 4.99 Å². The molecule has 130 valence electrons. The van der Waals surface area contributed by atoms with Gasteiger partial charge < -0.3 is 16.0 Å². The van der Waals surface area contributed by atoms with Gasteiger partial charge in [-0.3, -0.25) is 9.79 Å². The van der Waals surface area contributed by atoms with Crippen molar-refractivity contribution in [1.29, 1.82) is 0 Å². The SMILES string of the molecule is CCC1(CNC(=NC)NCCC(=O)NC(C)C)CCCC1.I. The summed E-state index contributed by atoms with van der Waals surface area (Å²) in [4.78, 5) is 15.8. The third-order valence-corrected chi connectivity index (χ3v) is 4.36. The summed E-state index contributed by atoms with van der Waals surface area (Å²) in [5.41, 5.74) is 0.437. The summed E-state index contributed by atoms with van der Waals surface area (Å²) in [6.45, 7) is 7.80. The zero-order chi connectivity index (χ0) is 15.7. The fourth-order valence-corrected chi connectivity index (χ4v) is 2.96. The molecule has 0 atom stereocenters. The Hall–Kier alpha value is -0.530. The molecule has 0 unspecified atom stereocenters. The molecule has 5 nitrogen and oxygen atoms in total. The zero-order valence-corrected chi connectivity index (χ0v) is 16.8. The first-order valence-corrected chi connectivity index (χ1v) is 8.25. The molecule has 0 saturated heterocycles. The van der Waals surface area contributed by atoms with Crippen LogP contribution in [0.4, 0.5) is 0 Å². The second kappa shape index (κ2) is 11.1. The van der Waals surface area contributed by atoms with E-state index in [4.69, 9.17) is 0 Å². The lowest BCUT2D eigenvalue weighted by molar-refractivity contribution is -0.121. The normalized spacial score (nSPS) is 17.0. The van der Waals surface area contributed by atoms with Gasteiger partial charge in [0.2, 0.25) is 5.91 Å². The van der Waals surface area contributed by atoms with Crippen molar-refractivity contribution in [2.45, 2.75) is 65.3 Å². The molecule has 3 N–H and O–H groups in total. The van der Waals surface area contributed by atoms with Crippen molar-refractivity contribution >= 4 is 35.8 Å². The Bertz CT molecular complexity index is 352. The van der Waals surface area contributed by atoms with Crippen molar-refractivity contribution in [1.82, 2.24) is 16.0 Å². The maximum Gasteiger partial charge on any atom is 0.221 e. The molecule has 1 aliphatic rings. The van der Waals surface area contributed by atoms with Gasteiger partial charge in [0.15, 0.2) is 5.96 Å². The minimum absolute atomic E-state index is 0. The number of nitrogens with one attached hydrogen (secondary N) is 3. The van der Waals surface area contributed by atoms with Crippen LogP contribution in [0.3, 0.4) is 0 Å². The molecule has 0 radical (unpaired) electrons. The summed E-state index contributed by atoms with van der Waals surface area (Å²) in [6, 6.07) is 0.196. The summed E-state index contributed by atoms with van der Waals surface area (Å²) in [7, 11) is 1.77. The van der Waals surface area contributed by atoms with Crippen LogP contribution in [0.1, 0.15) is 59.3 Å². The quantitative estimate of drug-likeness (QED) is 0.335. The molecular weight excluding hydrogens is 391 g/mol. The molecule has 0 aromatic carbocycles. The van der Waals surface area contributed by atoms with E-state index in [1.807, 2.05) is 13.8 Å². The molecule has 0 aliphatic heterocycles. The van der Waals surface area contributed by atoms with Gasteiger partial charge >= 0.3 is 0 Å². The average molecular weight is 424 g/mol. The number of rotatable bonds is 7. The van der Waals surface area contributed by atoms with E-state index in [0.717, 1.165) is 12.5 Å². The van der Waals surface area contributed by atoms with E-state index in [9.17, 15) is 4.79 Å². The van der Waals surface area contributed by atoms with Crippen LogP contribution in [-0.4, -0.2) is 38.0 Å². The molecule has 0 spiro atoms. The largest absolute Gasteiger partial charge is 0.356 e. The number of amides is 1. The zero-order valence-electron chi connectivity index (χ0n) is 14.5. The highest BCUT2D eigenvalue weighted by Crippen LogP contribution is 2.40. The number of carbonyl (C=O) groups excluding carboxylic acids is 1. The molecule has 1 fully saturated rings. The summed E-state index contributed by atoms with van der Waals surface area (Å²) in [5, 5.41) is 9.53. The van der Waals surface area contributed by atoms with Crippen LogP contribution in [0.2, 0.25) is 0 Å². The van der Waals surface area contributed by atoms with Gasteiger partial charge in [0.25, 0.3) is 0 Å². The molecule has 0 aromatic rings. The molecule has 22 heavy (non-hydrogen) atoms. The maximum absolute atomic E-state index is 11.6. The summed E-state index contributed by atoms with van der Waals surface area (Å²) in [6.07, 6.45) is 6.99. The minimum atomic E-state index is 0. The monoisotopic (exact) mass is 424 g/mol. The van der Waals surface area contributed by atoms with E-state index in [0.29, 0.717) is 18.4 Å². The first-order chi connectivity index (χ1) is 10.0. The third kappa shape index (κ3) is 7.65. The van der Waals surface area contributed by atoms with Crippen molar-refractivity contribution in [2.75, 3.05) is 20.1 Å². The van der Waals surface area contributed by atoms with E-state index < -0.39 is 0 Å². The van der Waals surface area contributed by atoms with Crippen LogP contribution >= 0.6 is 24.0 Å². The van der Waals surface area contributed by atoms with Gasteiger partial charge in [-0.2, -0.15) is 0 Å². The predicted octanol–water partition coefficient (Wildman–Crippen LogP) is 2.65. The van der Waals surface area contributed by atoms with Crippen LogP contribution in [0, 0.1) is 5.41 Å². The highest BCUT2D eigenvalue weighted by Gasteiger charge is 2.31. The predicted molar refractivity (Wildman–Crippen MR) is 104 cm³/mol. The molecular formula is C16H33IN4O. The third-order valence-electron chi connectivity index (χ3n) is 4.36. The highest BCUT2D eigenvalue weighted by atomic mass is 127. The summed E-state index contributed by atoms with van der Waals surface area (Å²) >= 11 is 0. The van der Waals surface area contributed by atoms with Crippen molar-refractivity contribution < 1.29 is 4.79 Å². The number of hydrogen-bond acceptors (Lipinski definition) is 2. The second-order valence-corrected chi connectivity index (χ2v) is 6.39. The first-order valence-electron chi connectivity index (χ1n) is 8.25. The number of carbonyl (C=O) groups is 1. The number of hydrogen-bond donors (Lipinski definition) is 3. The maximum atomic E-state index is 11.6. The van der Waals surface area contributed by atoms with Crippen molar-refractivity contribution in [3.05, 3.63) is 0 Å². The molecule has 1 rings (SSSR count). The van der Waals surface area contributed by atoms with Crippen LogP contribution in [0.5, 0.6) is 0 Å². The highest BCUT2D eigenvalue weighted by molar-refractivity contribution is 14.0. The van der Waals surface area contributed by atoms with Gasteiger partial charge in [0.05, 0.1) is 0 Å². The molecule has 6 heteroatoms. The average Bonchev–Trinajstić information content (AvgIpc) is 2.91. The molecule has 1 aliphatic carbocycles. The number of guanidine groups is 1. The van der Waals surface area contributed by atoms with E-state index in [1.54, 1.807) is 7.05 Å². The van der Waals surface area contributed by atoms with Crippen LogP contribution in [-0.2, 0) is 4.79 Å². The topological polar surface area (TPSA) is 65.5 Å². The van der Waals surface area contributed by atoms with Crippen LogP contribution in [0.25, 0.3) is 0 Å². The lowest BCUT2D eigenvalue weighted by atomic mass is 9.83. The van der Waals surface area contributed by atoms with E-state index in [-0.39, 0.29) is 35.9 Å². The van der Waals surface area contributed by atoms with Crippen molar-refractivity contribution in [3.63, 3.8) is 0 Å².